The van der Waals surface area contributed by atoms with Gasteiger partial charge in [-0.25, -0.2) is 0 Å². The summed E-state index contributed by atoms with van der Waals surface area (Å²) >= 11 is 0. The highest BCUT2D eigenvalue weighted by atomic mass is 16.5. The van der Waals surface area contributed by atoms with E-state index in [1.165, 1.54) is 0 Å². The molecule has 0 unspecified atom stereocenters. The van der Waals surface area contributed by atoms with Crippen molar-refractivity contribution in [2.75, 3.05) is 0 Å². The highest BCUT2D eigenvalue weighted by Gasteiger charge is 2.40. The summed E-state index contributed by atoms with van der Waals surface area (Å²) in [7, 11) is 0. The summed E-state index contributed by atoms with van der Waals surface area (Å²) in [6.45, 7) is 3.37. The number of nitrogens with zero attached hydrogens (tertiary/aromatic N) is 3. The molecule has 96 valence electrons. The zero-order chi connectivity index (χ0) is 13.6. The number of carbonyl (C=O) groups is 2. The summed E-state index contributed by atoms with van der Waals surface area (Å²) in [6, 6.07) is 6.17. The van der Waals surface area contributed by atoms with Crippen molar-refractivity contribution in [2.45, 2.75) is 19.9 Å². The number of benzene rings is 1. The van der Waals surface area contributed by atoms with Gasteiger partial charge in [0.25, 0.3) is 11.8 Å². The first kappa shape index (κ1) is 11.6. The van der Waals surface area contributed by atoms with Crippen molar-refractivity contribution in [1.82, 2.24) is 15.0 Å². The monoisotopic (exact) mass is 257 g/mol. The highest BCUT2D eigenvalue weighted by molar-refractivity contribution is 6.21. The average molecular weight is 257 g/mol. The van der Waals surface area contributed by atoms with Crippen LogP contribution < -0.4 is 0 Å². The topological polar surface area (TPSA) is 76.3 Å². The van der Waals surface area contributed by atoms with Gasteiger partial charge in [0.2, 0.25) is 5.89 Å². The maximum Gasteiger partial charge on any atom is 0.262 e. The van der Waals surface area contributed by atoms with Crippen molar-refractivity contribution in [3.05, 3.63) is 47.1 Å². The molecule has 1 atom stereocenters. The van der Waals surface area contributed by atoms with Gasteiger partial charge in [0, 0.05) is 0 Å². The lowest BCUT2D eigenvalue weighted by Crippen LogP contribution is -2.32. The molecule has 3 rings (SSSR count). The van der Waals surface area contributed by atoms with Gasteiger partial charge in [-0.05, 0) is 26.0 Å². The molecule has 0 bridgehead atoms. The maximum absolute atomic E-state index is 12.2. The molecule has 0 radical (unpaired) electrons. The van der Waals surface area contributed by atoms with Crippen molar-refractivity contribution in [3.8, 4) is 0 Å². The fourth-order valence-electron chi connectivity index (χ4n) is 2.15. The third-order valence-electron chi connectivity index (χ3n) is 3.11. The van der Waals surface area contributed by atoms with E-state index in [9.17, 15) is 9.59 Å². The molecule has 2 heterocycles. The Balaban J connectivity index is 2.00. The number of amides is 2. The summed E-state index contributed by atoms with van der Waals surface area (Å²) in [5.74, 6) is 0.0679. The molecule has 6 nitrogen and oxygen atoms in total. The largest absolute Gasteiger partial charge is 0.337 e. The van der Waals surface area contributed by atoms with Crippen LogP contribution in [-0.2, 0) is 0 Å². The predicted molar refractivity (Wildman–Crippen MR) is 64.4 cm³/mol. The van der Waals surface area contributed by atoms with E-state index in [0.29, 0.717) is 17.0 Å². The summed E-state index contributed by atoms with van der Waals surface area (Å²) in [4.78, 5) is 29.7. The molecule has 0 N–H and O–H groups in total. The third kappa shape index (κ3) is 1.64. The summed E-state index contributed by atoms with van der Waals surface area (Å²) in [5, 5.41) is 3.67. The number of fused-ring (bicyclic) bond motifs is 1. The van der Waals surface area contributed by atoms with Crippen LogP contribution >= 0.6 is 0 Å². The van der Waals surface area contributed by atoms with Gasteiger partial charge >= 0.3 is 0 Å². The minimum atomic E-state index is -0.575. The second-order valence-electron chi connectivity index (χ2n) is 4.38. The molecule has 0 saturated carbocycles. The Morgan fingerprint density at radius 1 is 1.16 bits per heavy atom. The first-order valence-electron chi connectivity index (χ1n) is 5.86. The Kier molecular flexibility index (Phi) is 2.45. The Labute approximate surface area is 109 Å². The van der Waals surface area contributed by atoms with Gasteiger partial charge in [-0.3, -0.25) is 14.5 Å². The molecule has 2 amide bonds. The zero-order valence-electron chi connectivity index (χ0n) is 10.5. The molecule has 1 aliphatic rings. The SMILES string of the molecule is Cc1noc([C@@H](C)N2C(=O)c3ccccc3C2=O)n1. The first-order chi connectivity index (χ1) is 9.09. The molecular formula is C13H11N3O3. The highest BCUT2D eigenvalue weighted by Crippen LogP contribution is 2.30. The van der Waals surface area contributed by atoms with Crippen molar-refractivity contribution in [3.63, 3.8) is 0 Å². The maximum atomic E-state index is 12.2. The lowest BCUT2D eigenvalue weighted by molar-refractivity contribution is 0.0568. The first-order valence-corrected chi connectivity index (χ1v) is 5.86. The number of carbonyl (C=O) groups excluding carboxylic acids is 2. The lowest BCUT2D eigenvalue weighted by atomic mass is 10.1. The number of aryl methyl sites for hydroxylation is 1. The van der Waals surface area contributed by atoms with Crippen LogP contribution in [0.1, 0.15) is 45.4 Å². The molecule has 0 spiro atoms. The van der Waals surface area contributed by atoms with Crippen LogP contribution in [0.4, 0.5) is 0 Å². The minimum absolute atomic E-state index is 0.256. The number of hydrogen-bond acceptors (Lipinski definition) is 5. The smallest absolute Gasteiger partial charge is 0.262 e. The van der Waals surface area contributed by atoms with E-state index in [2.05, 4.69) is 10.1 Å². The van der Waals surface area contributed by atoms with Crippen LogP contribution in [0.25, 0.3) is 0 Å². The predicted octanol–water partition coefficient (Wildman–Crippen LogP) is 1.74. The van der Waals surface area contributed by atoms with Gasteiger partial charge in [-0.1, -0.05) is 17.3 Å². The van der Waals surface area contributed by atoms with Crippen molar-refractivity contribution in [2.24, 2.45) is 0 Å². The van der Waals surface area contributed by atoms with Crippen molar-refractivity contribution >= 4 is 11.8 Å². The lowest BCUT2D eigenvalue weighted by Gasteiger charge is -2.18. The van der Waals surface area contributed by atoms with Crippen LogP contribution in [-0.4, -0.2) is 26.9 Å². The molecule has 0 aliphatic carbocycles. The standard InChI is InChI=1S/C13H11N3O3/c1-7(11-14-8(2)15-19-11)16-12(17)9-5-3-4-6-10(9)13(16)18/h3-7H,1-2H3/t7-/m1/s1. The molecule has 6 heteroatoms. The fourth-order valence-corrected chi connectivity index (χ4v) is 2.15. The summed E-state index contributed by atoms with van der Waals surface area (Å²) in [6.07, 6.45) is 0. The van der Waals surface area contributed by atoms with Gasteiger partial charge in [-0.2, -0.15) is 4.98 Å². The van der Waals surface area contributed by atoms with Crippen molar-refractivity contribution < 1.29 is 14.1 Å². The number of rotatable bonds is 2. The molecule has 19 heavy (non-hydrogen) atoms. The van der Waals surface area contributed by atoms with E-state index in [1.807, 2.05) is 0 Å². The Hall–Kier alpha value is -2.50. The molecule has 1 aromatic carbocycles. The average Bonchev–Trinajstić information content (AvgIpc) is 2.94. The molecular weight excluding hydrogens is 246 g/mol. The van der Waals surface area contributed by atoms with E-state index in [4.69, 9.17) is 4.52 Å². The van der Waals surface area contributed by atoms with Gasteiger partial charge in [-0.15, -0.1) is 0 Å². The van der Waals surface area contributed by atoms with Crippen molar-refractivity contribution in [1.29, 1.82) is 0 Å². The molecule has 0 saturated heterocycles. The number of imide groups is 1. The van der Waals surface area contributed by atoms with Crippen LogP contribution in [0.5, 0.6) is 0 Å². The Morgan fingerprint density at radius 2 is 1.74 bits per heavy atom. The van der Waals surface area contributed by atoms with E-state index in [-0.39, 0.29) is 17.7 Å². The van der Waals surface area contributed by atoms with E-state index >= 15 is 0 Å². The van der Waals surface area contributed by atoms with Gasteiger partial charge in [0.15, 0.2) is 5.82 Å². The van der Waals surface area contributed by atoms with Crippen LogP contribution in [0.2, 0.25) is 0 Å². The molecule has 2 aromatic rings. The normalized spacial score (nSPS) is 15.8. The van der Waals surface area contributed by atoms with E-state index < -0.39 is 6.04 Å². The van der Waals surface area contributed by atoms with Gasteiger partial charge in [0.05, 0.1) is 11.1 Å². The number of aromatic nitrogens is 2. The van der Waals surface area contributed by atoms with Crippen LogP contribution in [0, 0.1) is 6.92 Å². The van der Waals surface area contributed by atoms with E-state index in [0.717, 1.165) is 4.90 Å². The third-order valence-corrected chi connectivity index (χ3v) is 3.11. The second kappa shape index (κ2) is 4.01. The molecule has 1 aromatic heterocycles. The van der Waals surface area contributed by atoms with Crippen LogP contribution in [0.3, 0.4) is 0 Å². The molecule has 1 aliphatic heterocycles. The Morgan fingerprint density at radius 3 is 2.21 bits per heavy atom. The van der Waals surface area contributed by atoms with Gasteiger partial charge in [0.1, 0.15) is 6.04 Å². The number of hydrogen-bond donors (Lipinski definition) is 0. The zero-order valence-corrected chi connectivity index (χ0v) is 10.5. The fraction of sp³-hybridized carbons (Fsp3) is 0.231. The minimum Gasteiger partial charge on any atom is -0.337 e. The second-order valence-corrected chi connectivity index (χ2v) is 4.38. The molecule has 0 fully saturated rings. The quantitative estimate of drug-likeness (QED) is 0.766. The summed E-state index contributed by atoms with van der Waals surface area (Å²) < 4.78 is 5.03. The van der Waals surface area contributed by atoms with Crippen LogP contribution in [0.15, 0.2) is 28.8 Å². The Bertz CT molecular complexity index is 642. The van der Waals surface area contributed by atoms with E-state index in [1.54, 1.807) is 38.1 Å². The van der Waals surface area contributed by atoms with Gasteiger partial charge < -0.3 is 4.52 Å². The summed E-state index contributed by atoms with van der Waals surface area (Å²) in [5.41, 5.74) is 0.825.